The summed E-state index contributed by atoms with van der Waals surface area (Å²) in [6.45, 7) is 5.45. The molecule has 24 heavy (non-hydrogen) atoms. The van der Waals surface area contributed by atoms with Crippen LogP contribution in [-0.2, 0) is 10.2 Å². The molecule has 0 unspecified atom stereocenters. The summed E-state index contributed by atoms with van der Waals surface area (Å²) in [5.41, 5.74) is -2.32. The molecule has 1 aromatic carbocycles. The first-order valence-corrected chi connectivity index (χ1v) is 7.33. The van der Waals surface area contributed by atoms with Gasteiger partial charge in [-0.05, 0) is 23.1 Å². The SMILES string of the molecule is CC(C)(C)c1ccc(OCC(=O)N2N=CC[C@]2(O)C(F)(F)F)cc1. The van der Waals surface area contributed by atoms with Gasteiger partial charge >= 0.3 is 6.18 Å². The highest BCUT2D eigenvalue weighted by Crippen LogP contribution is 2.38. The maximum atomic E-state index is 12.9. The van der Waals surface area contributed by atoms with Gasteiger partial charge in [-0.15, -0.1) is 0 Å². The molecule has 0 spiro atoms. The van der Waals surface area contributed by atoms with E-state index in [-0.39, 0.29) is 10.4 Å². The summed E-state index contributed by atoms with van der Waals surface area (Å²) in [5, 5.41) is 13.0. The first kappa shape index (κ1) is 18.3. The molecule has 0 aromatic heterocycles. The molecule has 1 amide bonds. The Balaban J connectivity index is 2.02. The molecular formula is C16H19F3N2O3. The highest BCUT2D eigenvalue weighted by molar-refractivity contribution is 5.81. The molecule has 1 aromatic rings. The van der Waals surface area contributed by atoms with Crippen LogP contribution >= 0.6 is 0 Å². The van der Waals surface area contributed by atoms with Crippen LogP contribution in [-0.4, -0.2) is 40.7 Å². The zero-order valence-corrected chi connectivity index (χ0v) is 13.6. The van der Waals surface area contributed by atoms with E-state index in [9.17, 15) is 23.1 Å². The molecule has 1 heterocycles. The number of amides is 1. The molecule has 0 saturated carbocycles. The third-order valence-electron chi connectivity index (χ3n) is 3.70. The second-order valence-electron chi connectivity index (χ2n) is 6.59. The van der Waals surface area contributed by atoms with Crippen molar-refractivity contribution in [3.63, 3.8) is 0 Å². The minimum atomic E-state index is -5.01. The lowest BCUT2D eigenvalue weighted by Gasteiger charge is -2.32. The minimum absolute atomic E-state index is 0.0243. The van der Waals surface area contributed by atoms with Crippen molar-refractivity contribution in [3.8, 4) is 5.75 Å². The lowest BCUT2D eigenvalue weighted by molar-refractivity contribution is -0.302. The fourth-order valence-electron chi connectivity index (χ4n) is 2.20. The summed E-state index contributed by atoms with van der Waals surface area (Å²) < 4.78 is 43.9. The standard InChI is InChI=1S/C16H19F3N2O3/c1-14(2,3)11-4-6-12(7-5-11)24-10-13(22)21-15(23,8-9-20-21)16(17,18)19/h4-7,9,23H,8,10H2,1-3H3/t15-/m0/s1. The third kappa shape index (κ3) is 3.53. The summed E-state index contributed by atoms with van der Waals surface area (Å²) in [4.78, 5) is 11.9. The van der Waals surface area contributed by atoms with Crippen LogP contribution in [0.3, 0.4) is 0 Å². The summed E-state index contributed by atoms with van der Waals surface area (Å²) in [6.07, 6.45) is -4.96. The molecule has 1 N–H and O–H groups in total. The predicted octanol–water partition coefficient (Wildman–Crippen LogP) is 2.83. The zero-order chi connectivity index (χ0) is 18.2. The molecule has 2 rings (SSSR count). The number of ether oxygens (including phenoxy) is 1. The van der Waals surface area contributed by atoms with Crippen LogP contribution < -0.4 is 4.74 Å². The van der Waals surface area contributed by atoms with Crippen molar-refractivity contribution < 1.29 is 27.8 Å². The summed E-state index contributed by atoms with van der Waals surface area (Å²) in [6, 6.07) is 6.91. The van der Waals surface area contributed by atoms with Crippen LogP contribution in [0.2, 0.25) is 0 Å². The average molecular weight is 344 g/mol. The molecule has 0 aliphatic carbocycles. The Bertz CT molecular complexity index is 635. The maximum Gasteiger partial charge on any atom is 0.438 e. The number of hydrogen-bond donors (Lipinski definition) is 1. The molecule has 132 valence electrons. The number of aliphatic hydroxyl groups is 1. The number of carbonyl (C=O) groups excluding carboxylic acids is 1. The Morgan fingerprint density at radius 3 is 2.38 bits per heavy atom. The van der Waals surface area contributed by atoms with Crippen LogP contribution in [0.4, 0.5) is 13.2 Å². The van der Waals surface area contributed by atoms with E-state index in [0.29, 0.717) is 5.75 Å². The van der Waals surface area contributed by atoms with E-state index in [2.05, 4.69) is 5.10 Å². The monoisotopic (exact) mass is 344 g/mol. The quantitative estimate of drug-likeness (QED) is 0.917. The van der Waals surface area contributed by atoms with Crippen LogP contribution in [0, 0.1) is 0 Å². The maximum absolute atomic E-state index is 12.9. The van der Waals surface area contributed by atoms with Crippen molar-refractivity contribution in [1.82, 2.24) is 5.01 Å². The Labute approximate surface area is 137 Å². The van der Waals surface area contributed by atoms with Gasteiger partial charge in [0.2, 0.25) is 0 Å². The van der Waals surface area contributed by atoms with Crippen LogP contribution in [0.15, 0.2) is 29.4 Å². The highest BCUT2D eigenvalue weighted by Gasteiger charge is 2.61. The molecule has 0 saturated heterocycles. The number of hydrazone groups is 1. The van der Waals surface area contributed by atoms with E-state index in [0.717, 1.165) is 11.8 Å². The molecule has 1 aliphatic rings. The van der Waals surface area contributed by atoms with Gasteiger partial charge in [0, 0.05) is 12.6 Å². The lowest BCUT2D eigenvalue weighted by Crippen LogP contribution is -2.57. The number of hydrogen-bond acceptors (Lipinski definition) is 4. The van der Waals surface area contributed by atoms with E-state index in [4.69, 9.17) is 4.74 Å². The van der Waals surface area contributed by atoms with Crippen molar-refractivity contribution in [2.24, 2.45) is 5.10 Å². The molecule has 5 nitrogen and oxygen atoms in total. The Kier molecular flexibility index (Phi) is 4.63. The first-order chi connectivity index (χ1) is 10.9. The summed E-state index contributed by atoms with van der Waals surface area (Å²) in [7, 11) is 0. The van der Waals surface area contributed by atoms with Gasteiger partial charge in [0.25, 0.3) is 11.6 Å². The molecule has 0 fully saturated rings. The van der Waals surface area contributed by atoms with E-state index in [1.54, 1.807) is 12.1 Å². The lowest BCUT2D eigenvalue weighted by atomic mass is 9.87. The van der Waals surface area contributed by atoms with Crippen molar-refractivity contribution >= 4 is 12.1 Å². The van der Waals surface area contributed by atoms with Crippen LogP contribution in [0.1, 0.15) is 32.8 Å². The number of halogens is 3. The second kappa shape index (κ2) is 6.08. The van der Waals surface area contributed by atoms with Crippen molar-refractivity contribution in [2.45, 2.75) is 44.5 Å². The molecule has 1 aliphatic heterocycles. The molecular weight excluding hydrogens is 325 g/mol. The Morgan fingerprint density at radius 1 is 1.29 bits per heavy atom. The van der Waals surface area contributed by atoms with E-state index < -0.39 is 30.8 Å². The van der Waals surface area contributed by atoms with Crippen molar-refractivity contribution in [1.29, 1.82) is 0 Å². The van der Waals surface area contributed by atoms with Gasteiger partial charge in [-0.2, -0.15) is 23.3 Å². The van der Waals surface area contributed by atoms with Crippen LogP contribution in [0.25, 0.3) is 0 Å². The van der Waals surface area contributed by atoms with E-state index in [1.165, 1.54) is 0 Å². The van der Waals surface area contributed by atoms with Gasteiger partial charge in [-0.3, -0.25) is 4.79 Å². The average Bonchev–Trinajstić information content (AvgIpc) is 2.87. The number of carbonyl (C=O) groups is 1. The fraction of sp³-hybridized carbons (Fsp3) is 0.500. The van der Waals surface area contributed by atoms with Gasteiger partial charge in [0.15, 0.2) is 6.61 Å². The highest BCUT2D eigenvalue weighted by atomic mass is 19.4. The predicted molar refractivity (Wildman–Crippen MR) is 81.6 cm³/mol. The zero-order valence-electron chi connectivity index (χ0n) is 13.6. The largest absolute Gasteiger partial charge is 0.484 e. The van der Waals surface area contributed by atoms with Crippen LogP contribution in [0.5, 0.6) is 5.75 Å². The second-order valence-corrected chi connectivity index (χ2v) is 6.59. The number of alkyl halides is 3. The van der Waals surface area contributed by atoms with Gasteiger partial charge in [-0.1, -0.05) is 32.9 Å². The van der Waals surface area contributed by atoms with Gasteiger partial charge in [0.05, 0.1) is 0 Å². The fourth-order valence-corrected chi connectivity index (χ4v) is 2.20. The smallest absolute Gasteiger partial charge is 0.438 e. The molecule has 0 radical (unpaired) electrons. The molecule has 8 heteroatoms. The number of rotatable bonds is 3. The normalized spacial score (nSPS) is 21.2. The molecule has 0 bridgehead atoms. The minimum Gasteiger partial charge on any atom is -0.484 e. The van der Waals surface area contributed by atoms with Gasteiger partial charge < -0.3 is 9.84 Å². The number of benzene rings is 1. The van der Waals surface area contributed by atoms with Gasteiger partial charge in [-0.25, -0.2) is 0 Å². The summed E-state index contributed by atoms with van der Waals surface area (Å²) in [5.74, 6) is -0.737. The van der Waals surface area contributed by atoms with Crippen molar-refractivity contribution in [2.75, 3.05) is 6.61 Å². The molecule has 1 atom stereocenters. The topological polar surface area (TPSA) is 62.1 Å². The van der Waals surface area contributed by atoms with Crippen molar-refractivity contribution in [3.05, 3.63) is 29.8 Å². The van der Waals surface area contributed by atoms with E-state index in [1.807, 2.05) is 32.9 Å². The Morgan fingerprint density at radius 2 is 1.88 bits per heavy atom. The third-order valence-corrected chi connectivity index (χ3v) is 3.70. The van der Waals surface area contributed by atoms with E-state index >= 15 is 0 Å². The van der Waals surface area contributed by atoms with Gasteiger partial charge in [0.1, 0.15) is 5.75 Å². The number of nitrogens with zero attached hydrogens (tertiary/aromatic N) is 2. The summed E-state index contributed by atoms with van der Waals surface area (Å²) >= 11 is 0. The Hall–Kier alpha value is -2.09. The first-order valence-electron chi connectivity index (χ1n) is 7.33.